The van der Waals surface area contributed by atoms with Gasteiger partial charge < -0.3 is 0 Å². The molecule has 0 spiro atoms. The molecule has 0 radical (unpaired) electrons. The summed E-state index contributed by atoms with van der Waals surface area (Å²) in [5.41, 5.74) is 0.591. The summed E-state index contributed by atoms with van der Waals surface area (Å²) in [6.07, 6.45) is 1.65. The van der Waals surface area contributed by atoms with Crippen LogP contribution < -0.4 is 0 Å². The van der Waals surface area contributed by atoms with Crippen LogP contribution in [0.1, 0.15) is 24.3 Å². The van der Waals surface area contributed by atoms with Crippen molar-refractivity contribution in [1.82, 2.24) is 4.98 Å². The van der Waals surface area contributed by atoms with Gasteiger partial charge in [-0.3, -0.25) is 9.78 Å². The number of hydrogen-bond donors (Lipinski definition) is 0. The van der Waals surface area contributed by atoms with Crippen molar-refractivity contribution >= 4 is 28.4 Å². The smallest absolute Gasteiger partial charge is 0.184 e. The van der Waals surface area contributed by atoms with E-state index in [9.17, 15) is 4.79 Å². The van der Waals surface area contributed by atoms with Crippen LogP contribution in [0.3, 0.4) is 0 Å². The Morgan fingerprint density at radius 2 is 2.25 bits per heavy atom. The Bertz CT molecular complexity index is 296. The van der Waals surface area contributed by atoms with Gasteiger partial charge in [0.05, 0.1) is 0 Å². The van der Waals surface area contributed by atoms with E-state index in [0.717, 1.165) is 3.57 Å². The van der Waals surface area contributed by atoms with E-state index in [1.54, 1.807) is 6.20 Å². The first kappa shape index (κ1) is 9.64. The molecular formula is C9H10INO. The third-order valence-electron chi connectivity index (χ3n) is 1.52. The van der Waals surface area contributed by atoms with Gasteiger partial charge in [0, 0.05) is 15.7 Å². The van der Waals surface area contributed by atoms with Crippen molar-refractivity contribution in [3.05, 3.63) is 27.6 Å². The van der Waals surface area contributed by atoms with Crippen molar-refractivity contribution in [2.75, 3.05) is 0 Å². The molecule has 0 saturated heterocycles. The highest BCUT2D eigenvalue weighted by molar-refractivity contribution is 14.1. The number of ketones is 1. The molecule has 1 aromatic heterocycles. The standard InChI is InChI=1S/C9H10INO/c1-6(2)9(12)8-7(10)4-3-5-11-8/h3-6H,1-2H3. The third-order valence-corrected chi connectivity index (χ3v) is 2.39. The van der Waals surface area contributed by atoms with Crippen molar-refractivity contribution in [2.24, 2.45) is 5.92 Å². The Kier molecular flexibility index (Phi) is 3.20. The second kappa shape index (κ2) is 3.98. The summed E-state index contributed by atoms with van der Waals surface area (Å²) in [5.74, 6) is 0.133. The van der Waals surface area contributed by atoms with Crippen LogP contribution >= 0.6 is 22.6 Å². The van der Waals surface area contributed by atoms with Gasteiger partial charge in [-0.05, 0) is 34.7 Å². The first-order valence-electron chi connectivity index (χ1n) is 3.77. The molecule has 0 aliphatic rings. The Hall–Kier alpha value is -0.450. The number of hydrogen-bond acceptors (Lipinski definition) is 2. The van der Waals surface area contributed by atoms with Crippen molar-refractivity contribution in [2.45, 2.75) is 13.8 Å². The largest absolute Gasteiger partial charge is 0.292 e. The molecule has 0 aromatic carbocycles. The molecule has 2 nitrogen and oxygen atoms in total. The molecule has 0 N–H and O–H groups in total. The van der Waals surface area contributed by atoms with E-state index in [0.29, 0.717) is 5.69 Å². The van der Waals surface area contributed by atoms with Crippen molar-refractivity contribution in [3.63, 3.8) is 0 Å². The van der Waals surface area contributed by atoms with Gasteiger partial charge in [-0.25, -0.2) is 0 Å². The summed E-state index contributed by atoms with van der Waals surface area (Å²) in [7, 11) is 0. The zero-order valence-electron chi connectivity index (χ0n) is 7.04. The van der Waals surface area contributed by atoms with Crippen molar-refractivity contribution in [1.29, 1.82) is 0 Å². The highest BCUT2D eigenvalue weighted by atomic mass is 127. The lowest BCUT2D eigenvalue weighted by Crippen LogP contribution is -2.11. The fourth-order valence-electron chi connectivity index (χ4n) is 0.840. The Morgan fingerprint density at radius 3 is 2.75 bits per heavy atom. The molecule has 0 unspecified atom stereocenters. The topological polar surface area (TPSA) is 30.0 Å². The summed E-state index contributed by atoms with van der Waals surface area (Å²) >= 11 is 2.13. The molecule has 0 bridgehead atoms. The summed E-state index contributed by atoms with van der Waals surface area (Å²) in [6, 6.07) is 3.72. The number of aromatic nitrogens is 1. The minimum Gasteiger partial charge on any atom is -0.292 e. The lowest BCUT2D eigenvalue weighted by atomic mass is 10.1. The maximum Gasteiger partial charge on any atom is 0.184 e. The minimum atomic E-state index is 0.0217. The molecule has 0 atom stereocenters. The van der Waals surface area contributed by atoms with E-state index in [1.165, 1.54) is 0 Å². The second-order valence-corrected chi connectivity index (χ2v) is 4.01. The maximum atomic E-state index is 11.5. The Balaban J connectivity index is 3.03. The normalized spacial score (nSPS) is 10.3. The average Bonchev–Trinajstić information content (AvgIpc) is 2.04. The van der Waals surface area contributed by atoms with Crippen LogP contribution in [0.2, 0.25) is 0 Å². The highest BCUT2D eigenvalue weighted by Gasteiger charge is 2.13. The lowest BCUT2D eigenvalue weighted by molar-refractivity contribution is 0.0933. The van der Waals surface area contributed by atoms with Crippen molar-refractivity contribution < 1.29 is 4.79 Å². The van der Waals surface area contributed by atoms with Crippen molar-refractivity contribution in [3.8, 4) is 0 Å². The monoisotopic (exact) mass is 275 g/mol. The summed E-state index contributed by atoms with van der Waals surface area (Å²) < 4.78 is 0.925. The van der Waals surface area contributed by atoms with Crippen LogP contribution in [0.25, 0.3) is 0 Å². The number of rotatable bonds is 2. The quantitative estimate of drug-likeness (QED) is 0.613. The molecule has 0 aliphatic heterocycles. The molecule has 0 amide bonds. The Labute approximate surface area is 85.5 Å². The number of carbonyl (C=O) groups excluding carboxylic acids is 1. The molecule has 0 saturated carbocycles. The number of nitrogens with zero attached hydrogens (tertiary/aromatic N) is 1. The van der Waals surface area contributed by atoms with Crippen LogP contribution in [0, 0.1) is 9.49 Å². The van der Waals surface area contributed by atoms with Gasteiger partial charge in [-0.2, -0.15) is 0 Å². The van der Waals surface area contributed by atoms with Gasteiger partial charge in [0.1, 0.15) is 5.69 Å². The van der Waals surface area contributed by atoms with Crippen LogP contribution in [0.15, 0.2) is 18.3 Å². The van der Waals surface area contributed by atoms with E-state index >= 15 is 0 Å². The molecule has 0 fully saturated rings. The fraction of sp³-hybridized carbons (Fsp3) is 0.333. The first-order valence-corrected chi connectivity index (χ1v) is 4.85. The molecule has 64 valence electrons. The summed E-state index contributed by atoms with van der Waals surface area (Å²) in [5, 5.41) is 0. The lowest BCUT2D eigenvalue weighted by Gasteiger charge is -2.03. The molecule has 12 heavy (non-hydrogen) atoms. The summed E-state index contributed by atoms with van der Waals surface area (Å²) in [6.45, 7) is 3.76. The fourth-order valence-corrected chi connectivity index (χ4v) is 1.45. The zero-order chi connectivity index (χ0) is 9.14. The second-order valence-electron chi connectivity index (χ2n) is 2.85. The molecule has 1 heterocycles. The number of carbonyl (C=O) groups is 1. The van der Waals surface area contributed by atoms with Crippen LogP contribution in [0.5, 0.6) is 0 Å². The zero-order valence-corrected chi connectivity index (χ0v) is 9.20. The first-order chi connectivity index (χ1) is 5.63. The van der Waals surface area contributed by atoms with Gasteiger partial charge in [-0.15, -0.1) is 0 Å². The van der Waals surface area contributed by atoms with Crippen LogP contribution in [-0.2, 0) is 0 Å². The maximum absolute atomic E-state index is 11.5. The van der Waals surface area contributed by atoms with Gasteiger partial charge >= 0.3 is 0 Å². The van der Waals surface area contributed by atoms with Crippen LogP contribution in [-0.4, -0.2) is 10.8 Å². The van der Waals surface area contributed by atoms with Gasteiger partial charge in [-0.1, -0.05) is 13.8 Å². The van der Waals surface area contributed by atoms with E-state index in [2.05, 4.69) is 27.6 Å². The van der Waals surface area contributed by atoms with E-state index in [-0.39, 0.29) is 11.7 Å². The predicted octanol–water partition coefficient (Wildman–Crippen LogP) is 2.52. The number of halogens is 1. The van der Waals surface area contributed by atoms with Gasteiger partial charge in [0.2, 0.25) is 0 Å². The minimum absolute atomic E-state index is 0.0217. The molecular weight excluding hydrogens is 265 g/mol. The average molecular weight is 275 g/mol. The number of Topliss-reactive ketones (excluding diaryl/α,β-unsaturated/α-hetero) is 1. The summed E-state index contributed by atoms with van der Waals surface area (Å²) in [4.78, 5) is 15.5. The third kappa shape index (κ3) is 2.03. The SMILES string of the molecule is CC(C)C(=O)c1ncccc1I. The van der Waals surface area contributed by atoms with Gasteiger partial charge in [0.25, 0.3) is 0 Å². The highest BCUT2D eigenvalue weighted by Crippen LogP contribution is 2.12. The van der Waals surface area contributed by atoms with E-state index in [4.69, 9.17) is 0 Å². The predicted molar refractivity (Wildman–Crippen MR) is 56.1 cm³/mol. The van der Waals surface area contributed by atoms with E-state index < -0.39 is 0 Å². The molecule has 1 aromatic rings. The van der Waals surface area contributed by atoms with Crippen LogP contribution in [0.4, 0.5) is 0 Å². The molecule has 1 rings (SSSR count). The molecule has 0 aliphatic carbocycles. The Morgan fingerprint density at radius 1 is 1.58 bits per heavy atom. The van der Waals surface area contributed by atoms with E-state index in [1.807, 2.05) is 26.0 Å². The number of pyridine rings is 1. The molecule has 3 heteroatoms. The van der Waals surface area contributed by atoms with Gasteiger partial charge in [0.15, 0.2) is 5.78 Å².